The van der Waals surface area contributed by atoms with Gasteiger partial charge in [0.1, 0.15) is 8.80 Å². The molecule has 0 aliphatic heterocycles. The SMILES string of the molecule is CCCC/C=C/[Si](/C=C/CCCC)/C=C/CCCC. The van der Waals surface area contributed by atoms with E-state index in [4.69, 9.17) is 0 Å². The molecule has 0 aromatic heterocycles. The third-order valence-corrected chi connectivity index (χ3v) is 4.97. The van der Waals surface area contributed by atoms with E-state index in [9.17, 15) is 0 Å². The molecule has 0 spiro atoms. The van der Waals surface area contributed by atoms with Gasteiger partial charge in [0.25, 0.3) is 0 Å². The van der Waals surface area contributed by atoms with Gasteiger partial charge < -0.3 is 0 Å². The first kappa shape index (κ1) is 18.4. The Morgan fingerprint density at radius 1 is 0.579 bits per heavy atom. The van der Waals surface area contributed by atoms with E-state index in [-0.39, 0.29) is 0 Å². The fraction of sp³-hybridized carbons (Fsp3) is 0.667. The van der Waals surface area contributed by atoms with E-state index in [0.717, 1.165) is 0 Å². The number of hydrogen-bond donors (Lipinski definition) is 0. The molecule has 1 radical (unpaired) electrons. The van der Waals surface area contributed by atoms with Crippen LogP contribution in [0.5, 0.6) is 0 Å². The highest BCUT2D eigenvalue weighted by atomic mass is 28.3. The van der Waals surface area contributed by atoms with Crippen LogP contribution in [0.1, 0.15) is 78.6 Å². The van der Waals surface area contributed by atoms with Gasteiger partial charge in [-0.05, 0) is 19.3 Å². The van der Waals surface area contributed by atoms with E-state index in [1.165, 1.54) is 57.8 Å². The molecule has 0 amide bonds. The van der Waals surface area contributed by atoms with E-state index in [2.05, 4.69) is 56.1 Å². The molecule has 0 aliphatic rings. The van der Waals surface area contributed by atoms with Crippen LogP contribution in [0, 0.1) is 0 Å². The molecule has 0 atom stereocenters. The number of unbranched alkanes of at least 4 members (excludes halogenated alkanes) is 6. The van der Waals surface area contributed by atoms with Gasteiger partial charge in [-0.1, -0.05) is 94.6 Å². The molecule has 0 unspecified atom stereocenters. The van der Waals surface area contributed by atoms with Crippen LogP contribution in [0.4, 0.5) is 0 Å². The summed E-state index contributed by atoms with van der Waals surface area (Å²) in [5, 5.41) is 0. The van der Waals surface area contributed by atoms with Gasteiger partial charge in [0, 0.05) is 0 Å². The van der Waals surface area contributed by atoms with Crippen LogP contribution in [-0.4, -0.2) is 8.80 Å². The summed E-state index contributed by atoms with van der Waals surface area (Å²) in [6, 6.07) is 0. The molecule has 109 valence electrons. The minimum Gasteiger partial charge on any atom is -0.0922 e. The average Bonchev–Trinajstić information content (AvgIpc) is 2.43. The van der Waals surface area contributed by atoms with E-state index in [1.54, 1.807) is 0 Å². The summed E-state index contributed by atoms with van der Waals surface area (Å²) < 4.78 is 0. The Labute approximate surface area is 123 Å². The van der Waals surface area contributed by atoms with Crippen molar-refractivity contribution in [2.24, 2.45) is 0 Å². The van der Waals surface area contributed by atoms with Crippen molar-refractivity contribution in [3.8, 4) is 0 Å². The van der Waals surface area contributed by atoms with Gasteiger partial charge in [0.2, 0.25) is 0 Å². The molecule has 0 saturated heterocycles. The first-order valence-corrected chi connectivity index (χ1v) is 9.94. The molecular formula is C18H33Si. The zero-order chi connectivity index (χ0) is 14.2. The van der Waals surface area contributed by atoms with Crippen molar-refractivity contribution in [1.82, 2.24) is 0 Å². The van der Waals surface area contributed by atoms with Crippen molar-refractivity contribution in [3.63, 3.8) is 0 Å². The van der Waals surface area contributed by atoms with Gasteiger partial charge in [0.15, 0.2) is 0 Å². The highest BCUT2D eigenvalue weighted by Gasteiger charge is 1.96. The lowest BCUT2D eigenvalue weighted by molar-refractivity contribution is 0.814. The van der Waals surface area contributed by atoms with Crippen LogP contribution >= 0.6 is 0 Å². The lowest BCUT2D eigenvalue weighted by Crippen LogP contribution is -2.01. The second-order valence-corrected chi connectivity index (χ2v) is 7.13. The lowest BCUT2D eigenvalue weighted by atomic mass is 10.2. The van der Waals surface area contributed by atoms with E-state index >= 15 is 0 Å². The van der Waals surface area contributed by atoms with Crippen molar-refractivity contribution in [2.45, 2.75) is 78.6 Å². The Kier molecular flexibility index (Phi) is 15.0. The van der Waals surface area contributed by atoms with Crippen LogP contribution in [-0.2, 0) is 0 Å². The van der Waals surface area contributed by atoms with E-state index < -0.39 is 8.80 Å². The molecule has 0 bridgehead atoms. The van der Waals surface area contributed by atoms with Crippen LogP contribution in [0.2, 0.25) is 0 Å². The number of rotatable bonds is 12. The molecule has 0 aromatic carbocycles. The maximum absolute atomic E-state index is 2.46. The minimum absolute atomic E-state index is 0.528. The normalized spacial score (nSPS) is 12.6. The van der Waals surface area contributed by atoms with Crippen LogP contribution in [0.3, 0.4) is 0 Å². The van der Waals surface area contributed by atoms with Crippen molar-refractivity contribution in [2.75, 3.05) is 0 Å². The standard InChI is InChI=1S/C18H33Si/c1-4-7-10-13-16-19(17-14-11-8-5-2)18-15-12-9-6-3/h13-18H,4-12H2,1-3H3/b16-13+,17-14+,18-15+. The fourth-order valence-electron chi connectivity index (χ4n) is 1.79. The third-order valence-electron chi connectivity index (χ3n) is 3.10. The highest BCUT2D eigenvalue weighted by molar-refractivity contribution is 6.74. The summed E-state index contributed by atoms with van der Waals surface area (Å²) in [7, 11) is -0.528. The zero-order valence-electron chi connectivity index (χ0n) is 13.3. The fourth-order valence-corrected chi connectivity index (χ4v) is 3.44. The first-order valence-electron chi connectivity index (χ1n) is 8.21. The monoisotopic (exact) mass is 277 g/mol. The van der Waals surface area contributed by atoms with E-state index in [1.807, 2.05) is 0 Å². The zero-order valence-corrected chi connectivity index (χ0v) is 14.3. The lowest BCUT2D eigenvalue weighted by Gasteiger charge is -1.99. The summed E-state index contributed by atoms with van der Waals surface area (Å²) >= 11 is 0. The molecule has 0 nitrogen and oxygen atoms in total. The van der Waals surface area contributed by atoms with E-state index in [0.29, 0.717) is 0 Å². The van der Waals surface area contributed by atoms with Gasteiger partial charge in [-0.3, -0.25) is 0 Å². The Hall–Kier alpha value is -0.563. The first-order chi connectivity index (χ1) is 9.35. The predicted octanol–water partition coefficient (Wildman–Crippen LogP) is 6.34. The molecule has 0 aliphatic carbocycles. The Morgan fingerprint density at radius 2 is 0.895 bits per heavy atom. The summed E-state index contributed by atoms with van der Waals surface area (Å²) in [4.78, 5) is 0. The van der Waals surface area contributed by atoms with Crippen molar-refractivity contribution < 1.29 is 0 Å². The average molecular weight is 278 g/mol. The number of allylic oxidation sites excluding steroid dienone is 3. The molecule has 0 fully saturated rings. The molecular weight excluding hydrogens is 244 g/mol. The van der Waals surface area contributed by atoms with Gasteiger partial charge in [-0.25, -0.2) is 0 Å². The largest absolute Gasteiger partial charge is 0.130 e. The highest BCUT2D eigenvalue weighted by Crippen LogP contribution is 2.03. The summed E-state index contributed by atoms with van der Waals surface area (Å²) in [6.45, 7) is 6.78. The minimum atomic E-state index is -0.528. The summed E-state index contributed by atoms with van der Waals surface area (Å²) in [5.41, 5.74) is 7.39. The second-order valence-electron chi connectivity index (χ2n) is 5.13. The predicted molar refractivity (Wildman–Crippen MR) is 91.7 cm³/mol. The van der Waals surface area contributed by atoms with Gasteiger partial charge in [-0.15, -0.1) is 0 Å². The summed E-state index contributed by atoms with van der Waals surface area (Å²) in [5.74, 6) is 0. The molecule has 0 rings (SSSR count). The third kappa shape index (κ3) is 13.7. The molecule has 1 heteroatoms. The van der Waals surface area contributed by atoms with Crippen molar-refractivity contribution in [1.29, 1.82) is 0 Å². The second kappa shape index (κ2) is 15.5. The van der Waals surface area contributed by atoms with Crippen molar-refractivity contribution >= 4 is 8.80 Å². The molecule has 0 aromatic rings. The van der Waals surface area contributed by atoms with Crippen LogP contribution < -0.4 is 0 Å². The van der Waals surface area contributed by atoms with Crippen molar-refractivity contribution in [3.05, 3.63) is 35.3 Å². The maximum Gasteiger partial charge on any atom is 0.130 e. The number of hydrogen-bond acceptors (Lipinski definition) is 0. The topological polar surface area (TPSA) is 0 Å². The summed E-state index contributed by atoms with van der Waals surface area (Å²) in [6.07, 6.45) is 18.8. The smallest absolute Gasteiger partial charge is 0.0922 e. The maximum atomic E-state index is 2.46. The molecule has 0 saturated carbocycles. The Balaban J connectivity index is 4.16. The van der Waals surface area contributed by atoms with Gasteiger partial charge in [0.05, 0.1) is 0 Å². The molecule has 0 N–H and O–H groups in total. The molecule has 19 heavy (non-hydrogen) atoms. The Morgan fingerprint density at radius 3 is 1.16 bits per heavy atom. The Bertz CT molecular complexity index is 208. The van der Waals surface area contributed by atoms with Gasteiger partial charge >= 0.3 is 0 Å². The van der Waals surface area contributed by atoms with Gasteiger partial charge in [-0.2, -0.15) is 0 Å². The van der Waals surface area contributed by atoms with Crippen LogP contribution in [0.25, 0.3) is 0 Å². The quantitative estimate of drug-likeness (QED) is 0.288. The molecule has 0 heterocycles. The van der Waals surface area contributed by atoms with Crippen LogP contribution in [0.15, 0.2) is 35.3 Å².